The Morgan fingerprint density at radius 3 is 2.76 bits per heavy atom. The normalized spacial score (nSPS) is 16.7. The molecule has 0 radical (unpaired) electrons. The number of ether oxygens (including phenoxy) is 1. The van der Waals surface area contributed by atoms with Crippen molar-refractivity contribution in [1.29, 1.82) is 0 Å². The Morgan fingerprint density at radius 1 is 1.36 bits per heavy atom. The smallest absolute Gasteiger partial charge is 0.259 e. The summed E-state index contributed by atoms with van der Waals surface area (Å²) in [5.74, 6) is 1.09. The van der Waals surface area contributed by atoms with Crippen LogP contribution in [0.3, 0.4) is 0 Å². The Balaban J connectivity index is 1.64. The van der Waals surface area contributed by atoms with E-state index in [0.717, 1.165) is 12.8 Å². The van der Waals surface area contributed by atoms with Crippen LogP contribution in [0.1, 0.15) is 42.1 Å². The van der Waals surface area contributed by atoms with Crippen molar-refractivity contribution in [1.82, 2.24) is 19.4 Å². The summed E-state index contributed by atoms with van der Waals surface area (Å²) in [5.41, 5.74) is 0.493. The number of hydrogen-bond acceptors (Lipinski definition) is 5. The van der Waals surface area contributed by atoms with E-state index in [1.807, 2.05) is 24.7 Å². The number of imidazole rings is 1. The van der Waals surface area contributed by atoms with Crippen molar-refractivity contribution in [3.05, 3.63) is 42.1 Å². The number of amides is 1. The minimum Gasteiger partial charge on any atom is -0.477 e. The highest BCUT2D eigenvalue weighted by Gasteiger charge is 2.31. The molecule has 1 aliphatic heterocycles. The van der Waals surface area contributed by atoms with Gasteiger partial charge in [-0.3, -0.25) is 4.79 Å². The number of carbonyl (C=O) groups is 1. The third kappa shape index (κ3) is 3.66. The summed E-state index contributed by atoms with van der Waals surface area (Å²) in [6, 6.07) is 3.49. The van der Waals surface area contributed by atoms with Gasteiger partial charge >= 0.3 is 0 Å². The van der Waals surface area contributed by atoms with Crippen molar-refractivity contribution < 1.29 is 14.6 Å². The molecule has 2 aromatic heterocycles. The molecule has 0 aliphatic carbocycles. The molecule has 7 heteroatoms. The molecule has 0 bridgehead atoms. The molecule has 3 rings (SSSR count). The predicted molar refractivity (Wildman–Crippen MR) is 92.2 cm³/mol. The number of aliphatic hydroxyl groups is 1. The van der Waals surface area contributed by atoms with Crippen molar-refractivity contribution in [3.8, 4) is 5.88 Å². The Bertz CT molecular complexity index is 723. The zero-order valence-corrected chi connectivity index (χ0v) is 14.6. The Hall–Kier alpha value is -2.41. The maximum Gasteiger partial charge on any atom is 0.259 e. The zero-order chi connectivity index (χ0) is 17.8. The molecule has 1 atom stereocenters. The fourth-order valence-corrected chi connectivity index (χ4v) is 3.27. The van der Waals surface area contributed by atoms with Gasteiger partial charge in [0.15, 0.2) is 0 Å². The van der Waals surface area contributed by atoms with Crippen LogP contribution >= 0.6 is 0 Å². The van der Waals surface area contributed by atoms with E-state index in [-0.39, 0.29) is 11.8 Å². The fourth-order valence-electron chi connectivity index (χ4n) is 3.27. The van der Waals surface area contributed by atoms with Gasteiger partial charge in [0.1, 0.15) is 17.5 Å². The van der Waals surface area contributed by atoms with Crippen LogP contribution in [0, 0.1) is 5.92 Å². The predicted octanol–water partition coefficient (Wildman–Crippen LogP) is 1.80. The van der Waals surface area contributed by atoms with Gasteiger partial charge in [0.2, 0.25) is 5.88 Å². The number of aliphatic hydroxyl groups excluding tert-OH is 1. The Labute approximate surface area is 147 Å². The van der Waals surface area contributed by atoms with E-state index in [4.69, 9.17) is 4.74 Å². The standard InChI is InChI=1S/C18H24N4O3/c1-3-25-17-14(5-4-8-20-17)18(24)22-10-6-13(7-11-22)15(23)16-19-9-12-21(16)2/h4-5,8-9,12-13,15,23H,3,6-7,10-11H2,1-2H3/t15-/m0/s1. The largest absolute Gasteiger partial charge is 0.477 e. The molecule has 25 heavy (non-hydrogen) atoms. The van der Waals surface area contributed by atoms with Gasteiger partial charge in [-0.2, -0.15) is 0 Å². The van der Waals surface area contributed by atoms with Crippen molar-refractivity contribution in [3.63, 3.8) is 0 Å². The van der Waals surface area contributed by atoms with E-state index in [1.54, 1.807) is 29.4 Å². The topological polar surface area (TPSA) is 80.5 Å². The van der Waals surface area contributed by atoms with Crippen LogP contribution in [0.4, 0.5) is 0 Å². The number of nitrogens with zero attached hydrogens (tertiary/aromatic N) is 4. The van der Waals surface area contributed by atoms with Gasteiger partial charge in [-0.25, -0.2) is 9.97 Å². The summed E-state index contributed by atoms with van der Waals surface area (Å²) < 4.78 is 7.30. The number of aromatic nitrogens is 3. The third-order valence-corrected chi connectivity index (χ3v) is 4.68. The van der Waals surface area contributed by atoms with Gasteiger partial charge in [0.25, 0.3) is 5.91 Å². The molecule has 0 aromatic carbocycles. The number of pyridine rings is 1. The lowest BCUT2D eigenvalue weighted by molar-refractivity contribution is 0.0417. The van der Waals surface area contributed by atoms with Gasteiger partial charge in [-0.05, 0) is 37.8 Å². The van der Waals surface area contributed by atoms with Crippen molar-refractivity contribution in [2.75, 3.05) is 19.7 Å². The van der Waals surface area contributed by atoms with Gasteiger partial charge in [0, 0.05) is 38.7 Å². The summed E-state index contributed by atoms with van der Waals surface area (Å²) in [6.45, 7) is 3.54. The van der Waals surface area contributed by atoms with E-state index in [1.165, 1.54) is 0 Å². The monoisotopic (exact) mass is 344 g/mol. The highest BCUT2D eigenvalue weighted by molar-refractivity contribution is 5.96. The van der Waals surface area contributed by atoms with Gasteiger partial charge in [0.05, 0.1) is 6.61 Å². The average Bonchev–Trinajstić information content (AvgIpc) is 3.07. The van der Waals surface area contributed by atoms with E-state index < -0.39 is 6.10 Å². The van der Waals surface area contributed by atoms with E-state index in [2.05, 4.69) is 9.97 Å². The lowest BCUT2D eigenvalue weighted by atomic mass is 9.90. The summed E-state index contributed by atoms with van der Waals surface area (Å²) in [4.78, 5) is 23.0. The molecule has 134 valence electrons. The van der Waals surface area contributed by atoms with Crippen LogP contribution in [0.25, 0.3) is 0 Å². The molecular weight excluding hydrogens is 320 g/mol. The molecule has 0 spiro atoms. The van der Waals surface area contributed by atoms with Crippen molar-refractivity contribution in [2.45, 2.75) is 25.9 Å². The Morgan fingerprint density at radius 2 is 2.12 bits per heavy atom. The van der Waals surface area contributed by atoms with E-state index >= 15 is 0 Å². The minimum atomic E-state index is -0.602. The molecule has 1 amide bonds. The molecule has 1 aliphatic rings. The van der Waals surface area contributed by atoms with Crippen LogP contribution in [-0.4, -0.2) is 50.1 Å². The molecule has 2 aromatic rings. The van der Waals surface area contributed by atoms with Crippen LogP contribution < -0.4 is 4.74 Å². The van der Waals surface area contributed by atoms with E-state index in [0.29, 0.717) is 37.0 Å². The number of likely N-dealkylation sites (tertiary alicyclic amines) is 1. The van der Waals surface area contributed by atoms with Gasteiger partial charge in [-0.15, -0.1) is 0 Å². The maximum atomic E-state index is 12.8. The second kappa shape index (κ2) is 7.65. The first-order chi connectivity index (χ1) is 12.1. The molecule has 1 saturated heterocycles. The molecule has 1 fully saturated rings. The lowest BCUT2D eigenvalue weighted by Crippen LogP contribution is -2.40. The number of piperidine rings is 1. The molecule has 7 nitrogen and oxygen atoms in total. The SMILES string of the molecule is CCOc1ncccc1C(=O)N1CCC([C@H](O)c2nccn2C)CC1. The molecule has 3 heterocycles. The summed E-state index contributed by atoms with van der Waals surface area (Å²) in [6.07, 6.45) is 6.02. The number of rotatable bonds is 5. The molecule has 0 unspecified atom stereocenters. The second-order valence-corrected chi connectivity index (χ2v) is 6.26. The number of hydrogen-bond donors (Lipinski definition) is 1. The summed E-state index contributed by atoms with van der Waals surface area (Å²) >= 11 is 0. The van der Waals surface area contributed by atoms with Crippen LogP contribution in [0.15, 0.2) is 30.7 Å². The van der Waals surface area contributed by atoms with Crippen molar-refractivity contribution >= 4 is 5.91 Å². The van der Waals surface area contributed by atoms with Crippen molar-refractivity contribution in [2.24, 2.45) is 13.0 Å². The third-order valence-electron chi connectivity index (χ3n) is 4.68. The first-order valence-electron chi connectivity index (χ1n) is 8.64. The van der Waals surface area contributed by atoms with Crippen LogP contribution in [0.5, 0.6) is 5.88 Å². The Kier molecular flexibility index (Phi) is 5.33. The van der Waals surface area contributed by atoms with Crippen LogP contribution in [-0.2, 0) is 7.05 Å². The zero-order valence-electron chi connectivity index (χ0n) is 14.6. The first-order valence-corrected chi connectivity index (χ1v) is 8.64. The van der Waals surface area contributed by atoms with Gasteiger partial charge < -0.3 is 19.3 Å². The summed E-state index contributed by atoms with van der Waals surface area (Å²) in [7, 11) is 1.88. The lowest BCUT2D eigenvalue weighted by Gasteiger charge is -2.34. The molecular formula is C18H24N4O3. The minimum absolute atomic E-state index is 0.0681. The van der Waals surface area contributed by atoms with Crippen LogP contribution in [0.2, 0.25) is 0 Å². The number of carbonyl (C=O) groups excluding carboxylic acids is 1. The highest BCUT2D eigenvalue weighted by Crippen LogP contribution is 2.30. The first kappa shape index (κ1) is 17.4. The number of aryl methyl sites for hydroxylation is 1. The second-order valence-electron chi connectivity index (χ2n) is 6.26. The summed E-state index contributed by atoms with van der Waals surface area (Å²) in [5, 5.41) is 10.6. The fraction of sp³-hybridized carbons (Fsp3) is 0.500. The average molecular weight is 344 g/mol. The molecule has 1 N–H and O–H groups in total. The quantitative estimate of drug-likeness (QED) is 0.894. The van der Waals surface area contributed by atoms with Gasteiger partial charge in [-0.1, -0.05) is 0 Å². The van der Waals surface area contributed by atoms with E-state index in [9.17, 15) is 9.90 Å². The maximum absolute atomic E-state index is 12.8. The molecule has 0 saturated carbocycles. The highest BCUT2D eigenvalue weighted by atomic mass is 16.5.